The number of nitrogens with one attached hydrogen (secondary N) is 1. The Morgan fingerprint density at radius 1 is 1.53 bits per heavy atom. The van der Waals surface area contributed by atoms with E-state index in [0.29, 0.717) is 17.3 Å². The first-order valence-electron chi connectivity index (χ1n) is 5.58. The van der Waals surface area contributed by atoms with Gasteiger partial charge in [0.15, 0.2) is 5.82 Å². The zero-order chi connectivity index (χ0) is 10.9. The third-order valence-corrected chi connectivity index (χ3v) is 3.09. The Morgan fingerprint density at radius 2 is 2.33 bits per heavy atom. The zero-order valence-electron chi connectivity index (χ0n) is 9.71. The molecule has 1 unspecified atom stereocenters. The predicted molar refractivity (Wildman–Crippen MR) is 57.3 cm³/mol. The highest BCUT2D eigenvalue weighted by Gasteiger charge is 2.30. The monoisotopic (exact) mass is 209 g/mol. The van der Waals surface area contributed by atoms with Crippen LogP contribution >= 0.6 is 0 Å². The fourth-order valence-electron chi connectivity index (χ4n) is 2.26. The van der Waals surface area contributed by atoms with Gasteiger partial charge in [0.05, 0.1) is 6.54 Å². The molecule has 0 aromatic carbocycles. The average Bonchev–Trinajstić information content (AvgIpc) is 2.69. The minimum atomic E-state index is 0.491. The molecule has 0 radical (unpaired) electrons. The topological polar surface area (TPSA) is 51.0 Å². The van der Waals surface area contributed by atoms with Gasteiger partial charge in [0.2, 0.25) is 5.89 Å². The zero-order valence-corrected chi connectivity index (χ0v) is 9.71. The largest absolute Gasteiger partial charge is 0.340 e. The van der Waals surface area contributed by atoms with Crippen molar-refractivity contribution in [3.05, 3.63) is 11.7 Å². The highest BCUT2D eigenvalue weighted by molar-refractivity contribution is 4.89. The van der Waals surface area contributed by atoms with Gasteiger partial charge in [-0.15, -0.1) is 0 Å². The Morgan fingerprint density at radius 3 is 2.87 bits per heavy atom. The number of rotatable bonds is 3. The van der Waals surface area contributed by atoms with Gasteiger partial charge in [0.25, 0.3) is 0 Å². The van der Waals surface area contributed by atoms with E-state index in [9.17, 15) is 0 Å². The van der Waals surface area contributed by atoms with E-state index in [4.69, 9.17) is 4.52 Å². The van der Waals surface area contributed by atoms with Crippen LogP contribution in [0.3, 0.4) is 0 Å². The van der Waals surface area contributed by atoms with Crippen LogP contribution in [0.5, 0.6) is 0 Å². The second-order valence-corrected chi connectivity index (χ2v) is 5.21. The van der Waals surface area contributed by atoms with Gasteiger partial charge >= 0.3 is 0 Å². The lowest BCUT2D eigenvalue weighted by Gasteiger charge is -2.17. The number of aromatic nitrogens is 2. The van der Waals surface area contributed by atoms with Crippen molar-refractivity contribution in [3.8, 4) is 0 Å². The summed E-state index contributed by atoms with van der Waals surface area (Å²) < 4.78 is 4.92. The molecule has 1 aliphatic carbocycles. The third kappa shape index (κ3) is 2.78. The maximum Gasteiger partial charge on any atom is 0.223 e. The normalized spacial score (nSPS) is 24.6. The Balaban J connectivity index is 1.80. The smallest absolute Gasteiger partial charge is 0.223 e. The molecule has 1 aromatic heterocycles. The average molecular weight is 209 g/mol. The summed E-state index contributed by atoms with van der Waals surface area (Å²) in [6.45, 7) is 7.19. The summed E-state index contributed by atoms with van der Waals surface area (Å²) in [5, 5.41) is 7.35. The van der Waals surface area contributed by atoms with Crippen LogP contribution in [0.2, 0.25) is 0 Å². The minimum Gasteiger partial charge on any atom is -0.340 e. The van der Waals surface area contributed by atoms with Crippen LogP contribution in [0.25, 0.3) is 0 Å². The molecule has 0 bridgehead atoms. The summed E-state index contributed by atoms with van der Waals surface area (Å²) in [5.41, 5.74) is 0.491. The molecule has 1 aromatic rings. The predicted octanol–water partition coefficient (Wildman–Crippen LogP) is 2.05. The Kier molecular flexibility index (Phi) is 2.78. The summed E-state index contributed by atoms with van der Waals surface area (Å²) in [6, 6.07) is 0.610. The molecule has 84 valence electrons. The Labute approximate surface area is 90.4 Å². The second-order valence-electron chi connectivity index (χ2n) is 5.21. The van der Waals surface area contributed by atoms with Crippen molar-refractivity contribution >= 4 is 0 Å². The van der Waals surface area contributed by atoms with Crippen LogP contribution < -0.4 is 5.32 Å². The summed E-state index contributed by atoms with van der Waals surface area (Å²) >= 11 is 0. The van der Waals surface area contributed by atoms with Crippen molar-refractivity contribution in [1.82, 2.24) is 15.5 Å². The van der Waals surface area contributed by atoms with Crippen molar-refractivity contribution < 1.29 is 4.52 Å². The van der Waals surface area contributed by atoms with Crippen LogP contribution in [0, 0.1) is 12.3 Å². The molecule has 0 amide bonds. The summed E-state index contributed by atoms with van der Waals surface area (Å²) in [4.78, 5) is 4.17. The van der Waals surface area contributed by atoms with E-state index >= 15 is 0 Å². The fourth-order valence-corrected chi connectivity index (χ4v) is 2.26. The molecule has 1 heterocycles. The van der Waals surface area contributed by atoms with Crippen LogP contribution in [-0.2, 0) is 6.54 Å². The van der Waals surface area contributed by atoms with Crippen molar-refractivity contribution in [3.63, 3.8) is 0 Å². The van der Waals surface area contributed by atoms with Gasteiger partial charge in [-0.2, -0.15) is 4.98 Å². The highest BCUT2D eigenvalue weighted by Crippen LogP contribution is 2.36. The van der Waals surface area contributed by atoms with Crippen molar-refractivity contribution in [1.29, 1.82) is 0 Å². The molecule has 0 saturated heterocycles. The standard InChI is InChI=1S/C11H19N3O/c1-8-13-10(14-15-8)7-12-9-4-5-11(2,3)6-9/h9,12H,4-7H2,1-3H3. The molecule has 1 aliphatic rings. The van der Waals surface area contributed by atoms with Gasteiger partial charge in [-0.1, -0.05) is 19.0 Å². The SMILES string of the molecule is Cc1nc(CNC2CCC(C)(C)C2)no1. The van der Waals surface area contributed by atoms with E-state index in [1.54, 1.807) is 0 Å². The van der Waals surface area contributed by atoms with E-state index in [-0.39, 0.29) is 0 Å². The van der Waals surface area contributed by atoms with Gasteiger partial charge in [-0.25, -0.2) is 0 Å². The minimum absolute atomic E-state index is 0.491. The lowest BCUT2D eigenvalue weighted by atomic mass is 9.92. The highest BCUT2D eigenvalue weighted by atomic mass is 16.5. The summed E-state index contributed by atoms with van der Waals surface area (Å²) in [6.07, 6.45) is 3.80. The van der Waals surface area contributed by atoms with Gasteiger partial charge < -0.3 is 9.84 Å². The van der Waals surface area contributed by atoms with Gasteiger partial charge in [0.1, 0.15) is 0 Å². The van der Waals surface area contributed by atoms with Gasteiger partial charge in [0, 0.05) is 13.0 Å². The molecule has 2 rings (SSSR count). The summed E-state index contributed by atoms with van der Waals surface area (Å²) in [7, 11) is 0. The molecule has 0 spiro atoms. The maximum atomic E-state index is 4.92. The Hall–Kier alpha value is -0.900. The summed E-state index contributed by atoms with van der Waals surface area (Å²) in [5.74, 6) is 1.40. The first kappa shape index (κ1) is 10.6. The molecular weight excluding hydrogens is 190 g/mol. The second kappa shape index (κ2) is 3.93. The van der Waals surface area contributed by atoms with E-state index in [1.807, 2.05) is 6.92 Å². The molecule has 1 saturated carbocycles. The molecule has 0 aliphatic heterocycles. The first-order chi connectivity index (χ1) is 7.05. The van der Waals surface area contributed by atoms with E-state index in [0.717, 1.165) is 12.4 Å². The first-order valence-corrected chi connectivity index (χ1v) is 5.58. The molecule has 1 N–H and O–H groups in total. The number of hydrogen-bond acceptors (Lipinski definition) is 4. The van der Waals surface area contributed by atoms with E-state index < -0.39 is 0 Å². The van der Waals surface area contributed by atoms with Crippen LogP contribution in [0.1, 0.15) is 44.8 Å². The molecular formula is C11H19N3O. The lowest BCUT2D eigenvalue weighted by Crippen LogP contribution is -2.27. The molecule has 1 fully saturated rings. The van der Waals surface area contributed by atoms with Gasteiger partial charge in [-0.05, 0) is 24.7 Å². The van der Waals surface area contributed by atoms with Crippen LogP contribution in [-0.4, -0.2) is 16.2 Å². The molecule has 4 heteroatoms. The van der Waals surface area contributed by atoms with E-state index in [1.165, 1.54) is 19.3 Å². The van der Waals surface area contributed by atoms with Crippen molar-refractivity contribution in [2.75, 3.05) is 0 Å². The maximum absolute atomic E-state index is 4.92. The van der Waals surface area contributed by atoms with E-state index in [2.05, 4.69) is 29.3 Å². The number of aryl methyl sites for hydroxylation is 1. The molecule has 1 atom stereocenters. The molecule has 4 nitrogen and oxygen atoms in total. The Bertz CT molecular complexity index is 332. The van der Waals surface area contributed by atoms with Gasteiger partial charge in [-0.3, -0.25) is 0 Å². The van der Waals surface area contributed by atoms with Crippen molar-refractivity contribution in [2.24, 2.45) is 5.41 Å². The molecule has 15 heavy (non-hydrogen) atoms. The lowest BCUT2D eigenvalue weighted by molar-refractivity contribution is 0.360. The van der Waals surface area contributed by atoms with Crippen LogP contribution in [0.15, 0.2) is 4.52 Å². The third-order valence-electron chi connectivity index (χ3n) is 3.09. The quantitative estimate of drug-likeness (QED) is 0.827. The fraction of sp³-hybridized carbons (Fsp3) is 0.818. The van der Waals surface area contributed by atoms with Crippen LogP contribution in [0.4, 0.5) is 0 Å². The number of nitrogens with zero attached hydrogens (tertiary/aromatic N) is 2. The number of hydrogen-bond donors (Lipinski definition) is 1. The van der Waals surface area contributed by atoms with Crippen molar-refractivity contribution in [2.45, 2.75) is 52.6 Å².